The molecule has 0 amide bonds. The first-order valence-electron chi connectivity index (χ1n) is 10.8. The summed E-state index contributed by atoms with van der Waals surface area (Å²) in [6.45, 7) is 27.5. The highest BCUT2D eigenvalue weighted by atomic mass is 35.5. The molecule has 1 heterocycles. The van der Waals surface area contributed by atoms with Crippen molar-refractivity contribution >= 4 is 37.0 Å². The molecular weight excluding hydrogens is 466 g/mol. The van der Waals surface area contributed by atoms with E-state index in [-0.39, 0.29) is 5.04 Å². The molecule has 0 radical (unpaired) electrons. The Labute approximate surface area is 206 Å². The summed E-state index contributed by atoms with van der Waals surface area (Å²) in [5, 5.41) is 12.4. The second-order valence-electron chi connectivity index (χ2n) is 9.56. The van der Waals surface area contributed by atoms with E-state index in [0.29, 0.717) is 34.8 Å². The van der Waals surface area contributed by atoms with Gasteiger partial charge >= 0.3 is 0 Å². The minimum atomic E-state index is -2.05. The van der Waals surface area contributed by atoms with E-state index >= 15 is 0 Å². The van der Waals surface area contributed by atoms with Crippen molar-refractivity contribution in [3.05, 3.63) is 75.7 Å². The molecule has 7 nitrogen and oxygen atoms in total. The fourth-order valence-corrected chi connectivity index (χ4v) is 4.18. The maximum absolute atomic E-state index is 7.29. The number of hydrogen-bond donors (Lipinski definition) is 1. The molecular formula is C25H28ClN5O2Si. The van der Waals surface area contributed by atoms with Crippen LogP contribution in [0.15, 0.2) is 40.8 Å². The minimum Gasteiger partial charge on any atom is -0.418 e. The van der Waals surface area contributed by atoms with Crippen LogP contribution < -0.4 is 5.32 Å². The second kappa shape index (κ2) is 9.98. The van der Waals surface area contributed by atoms with Crippen molar-refractivity contribution in [1.82, 2.24) is 10.2 Å². The predicted octanol–water partition coefficient (Wildman–Crippen LogP) is 7.98. The van der Waals surface area contributed by atoms with Gasteiger partial charge in [-0.3, -0.25) is 0 Å². The lowest BCUT2D eigenvalue weighted by Gasteiger charge is -2.37. The number of hydrogen-bond acceptors (Lipinski definition) is 5. The highest BCUT2D eigenvalue weighted by molar-refractivity contribution is 6.74. The molecule has 0 aliphatic heterocycles. The zero-order valence-corrected chi connectivity index (χ0v) is 22.0. The first-order chi connectivity index (χ1) is 16.0. The average molecular weight is 494 g/mol. The molecule has 2 aromatic carbocycles. The van der Waals surface area contributed by atoms with E-state index in [0.717, 1.165) is 16.8 Å². The third-order valence-corrected chi connectivity index (χ3v) is 11.2. The van der Waals surface area contributed by atoms with Gasteiger partial charge in [0.05, 0.1) is 24.8 Å². The summed E-state index contributed by atoms with van der Waals surface area (Å²) in [7, 11) is -2.05. The van der Waals surface area contributed by atoms with Crippen LogP contribution >= 0.6 is 11.6 Å². The highest BCUT2D eigenvalue weighted by Crippen LogP contribution is 2.38. The Bertz CT molecular complexity index is 1250. The van der Waals surface area contributed by atoms with Crippen molar-refractivity contribution in [2.24, 2.45) is 0 Å². The van der Waals surface area contributed by atoms with Gasteiger partial charge in [0.15, 0.2) is 14.0 Å². The predicted molar refractivity (Wildman–Crippen MR) is 138 cm³/mol. The molecule has 176 valence electrons. The molecule has 0 fully saturated rings. The van der Waals surface area contributed by atoms with Gasteiger partial charge in [-0.25, -0.2) is 9.69 Å². The van der Waals surface area contributed by atoms with Crippen LogP contribution in [0.25, 0.3) is 21.1 Å². The molecule has 3 aromatic rings. The van der Waals surface area contributed by atoms with Crippen molar-refractivity contribution < 1.29 is 8.84 Å². The van der Waals surface area contributed by atoms with Crippen LogP contribution in [-0.2, 0) is 4.43 Å². The topological polar surface area (TPSA) is 68.9 Å². The zero-order chi connectivity index (χ0) is 25.1. The standard InChI is InChI=1S/C25H28ClN5O2Si/c1-16-19(13-14-20(28-6)22(16)26)29-21(15-32-34(7,8)25(2,3)4)24-31-30-23(33-24)17-9-11-18(27-5)12-10-17/h9-14,21,29H,15H2,1-4,7-8H3/t21-/m1/s1. The van der Waals surface area contributed by atoms with Gasteiger partial charge in [0, 0.05) is 11.3 Å². The van der Waals surface area contributed by atoms with Crippen molar-refractivity contribution in [2.75, 3.05) is 11.9 Å². The molecule has 0 aliphatic rings. The lowest BCUT2D eigenvalue weighted by molar-refractivity contribution is 0.256. The summed E-state index contributed by atoms with van der Waals surface area (Å²) < 4.78 is 12.5. The summed E-state index contributed by atoms with van der Waals surface area (Å²) in [5.41, 5.74) is 3.21. The smallest absolute Gasteiger partial charge is 0.247 e. The molecule has 0 bridgehead atoms. The SMILES string of the molecule is [C-]#[N+]c1ccc(-c2nnc([C@@H](CO[Si](C)(C)C(C)(C)C)Nc3ccc([N+]#[C-])c(Cl)c3C)o2)cc1. The Morgan fingerprint density at radius 2 is 1.76 bits per heavy atom. The van der Waals surface area contributed by atoms with Crippen LogP contribution in [0.5, 0.6) is 0 Å². The van der Waals surface area contributed by atoms with E-state index in [1.807, 2.05) is 13.0 Å². The third-order valence-electron chi connectivity index (χ3n) is 6.22. The molecule has 0 aliphatic carbocycles. The summed E-state index contributed by atoms with van der Waals surface area (Å²) in [6, 6.07) is 10.1. The van der Waals surface area contributed by atoms with E-state index in [1.165, 1.54) is 0 Å². The molecule has 0 spiro atoms. The number of halogens is 1. The quantitative estimate of drug-likeness (QED) is 0.267. The Hall–Kier alpha value is -3.17. The van der Waals surface area contributed by atoms with Gasteiger partial charge in [-0.15, -0.1) is 10.2 Å². The number of rotatable bonds is 7. The Morgan fingerprint density at radius 1 is 1.09 bits per heavy atom. The Kier molecular flexibility index (Phi) is 7.47. The fraction of sp³-hybridized carbons (Fsp3) is 0.360. The summed E-state index contributed by atoms with van der Waals surface area (Å²) in [4.78, 5) is 6.88. The van der Waals surface area contributed by atoms with Crippen molar-refractivity contribution in [3.63, 3.8) is 0 Å². The average Bonchev–Trinajstić information content (AvgIpc) is 3.29. The molecule has 0 saturated heterocycles. The highest BCUT2D eigenvalue weighted by Gasteiger charge is 2.38. The summed E-state index contributed by atoms with van der Waals surface area (Å²) in [5.74, 6) is 0.747. The number of aromatic nitrogens is 2. The van der Waals surface area contributed by atoms with Gasteiger partial charge in [-0.05, 0) is 36.7 Å². The first-order valence-corrected chi connectivity index (χ1v) is 14.1. The monoisotopic (exact) mass is 493 g/mol. The summed E-state index contributed by atoms with van der Waals surface area (Å²) >= 11 is 6.40. The number of benzene rings is 2. The molecule has 3 rings (SSSR count). The van der Waals surface area contributed by atoms with Gasteiger partial charge in [0.25, 0.3) is 0 Å². The number of nitrogens with zero attached hydrogens (tertiary/aromatic N) is 4. The van der Waals surface area contributed by atoms with Gasteiger partial charge in [0.1, 0.15) is 6.04 Å². The molecule has 1 aromatic heterocycles. The fourth-order valence-electron chi connectivity index (χ4n) is 2.95. The molecule has 0 saturated carbocycles. The van der Waals surface area contributed by atoms with Crippen molar-refractivity contribution in [3.8, 4) is 11.5 Å². The van der Waals surface area contributed by atoms with Gasteiger partial charge in [0.2, 0.25) is 17.5 Å². The Morgan fingerprint density at radius 3 is 2.35 bits per heavy atom. The van der Waals surface area contributed by atoms with E-state index < -0.39 is 14.4 Å². The lowest BCUT2D eigenvalue weighted by atomic mass is 10.1. The van der Waals surface area contributed by atoms with E-state index in [4.69, 9.17) is 33.6 Å². The zero-order valence-electron chi connectivity index (χ0n) is 20.2. The van der Waals surface area contributed by atoms with E-state index in [9.17, 15) is 0 Å². The lowest BCUT2D eigenvalue weighted by Crippen LogP contribution is -2.42. The minimum absolute atomic E-state index is 0.0404. The molecule has 0 unspecified atom stereocenters. The van der Waals surface area contributed by atoms with Crippen LogP contribution in [0.3, 0.4) is 0 Å². The van der Waals surface area contributed by atoms with E-state index in [1.54, 1.807) is 30.3 Å². The Balaban J connectivity index is 1.94. The third kappa shape index (κ3) is 5.48. The van der Waals surface area contributed by atoms with Crippen LogP contribution in [0, 0.1) is 20.1 Å². The largest absolute Gasteiger partial charge is 0.418 e. The van der Waals surface area contributed by atoms with Gasteiger partial charge < -0.3 is 14.2 Å². The molecule has 9 heteroatoms. The number of anilines is 1. The van der Waals surface area contributed by atoms with Crippen molar-refractivity contribution in [2.45, 2.75) is 51.9 Å². The van der Waals surface area contributed by atoms with Crippen molar-refractivity contribution in [1.29, 1.82) is 0 Å². The van der Waals surface area contributed by atoms with Crippen LogP contribution in [0.2, 0.25) is 23.2 Å². The number of nitrogens with one attached hydrogen (secondary N) is 1. The maximum Gasteiger partial charge on any atom is 0.247 e. The van der Waals surface area contributed by atoms with Crippen LogP contribution in [0.4, 0.5) is 17.1 Å². The first kappa shape index (κ1) is 25.4. The summed E-state index contributed by atoms with van der Waals surface area (Å²) in [6.07, 6.45) is 0. The molecule has 34 heavy (non-hydrogen) atoms. The van der Waals surface area contributed by atoms with Crippen LogP contribution in [-0.4, -0.2) is 25.1 Å². The molecule has 1 atom stereocenters. The van der Waals surface area contributed by atoms with E-state index in [2.05, 4.69) is 59.1 Å². The normalized spacial score (nSPS) is 12.6. The second-order valence-corrected chi connectivity index (χ2v) is 14.7. The van der Waals surface area contributed by atoms with Gasteiger partial charge in [-0.2, -0.15) is 0 Å². The van der Waals surface area contributed by atoms with Gasteiger partial charge in [-0.1, -0.05) is 62.7 Å². The maximum atomic E-state index is 7.29. The van der Waals surface area contributed by atoms with Crippen LogP contribution in [0.1, 0.15) is 38.3 Å². The molecule has 1 N–H and O–H groups in total.